The van der Waals surface area contributed by atoms with Crippen molar-refractivity contribution in [2.45, 2.75) is 19.9 Å². The number of nitrogens with zero attached hydrogens (tertiary/aromatic N) is 3. The molecule has 7 heteroatoms. The highest BCUT2D eigenvalue weighted by Gasteiger charge is 2.19. The SMILES string of the molecule is CCNC(=NCCc1cccc(OC)c1O)N1CCN(Cc2ccccc2)CC1.I. The van der Waals surface area contributed by atoms with E-state index in [1.807, 2.05) is 12.1 Å². The first kappa shape index (κ1) is 24.3. The third-order valence-electron chi connectivity index (χ3n) is 5.20. The Kier molecular flexibility index (Phi) is 10.2. The Bertz CT molecular complexity index is 793. The van der Waals surface area contributed by atoms with Gasteiger partial charge < -0.3 is 20.1 Å². The zero-order valence-corrected chi connectivity index (χ0v) is 20.2. The minimum Gasteiger partial charge on any atom is -0.504 e. The molecule has 30 heavy (non-hydrogen) atoms. The first-order valence-electron chi connectivity index (χ1n) is 10.4. The van der Waals surface area contributed by atoms with Gasteiger partial charge in [0.2, 0.25) is 0 Å². The number of halogens is 1. The lowest BCUT2D eigenvalue weighted by Crippen LogP contribution is -2.52. The highest BCUT2D eigenvalue weighted by molar-refractivity contribution is 14.0. The number of piperazine rings is 1. The first-order chi connectivity index (χ1) is 14.2. The van der Waals surface area contributed by atoms with E-state index in [-0.39, 0.29) is 29.7 Å². The number of guanidine groups is 1. The lowest BCUT2D eigenvalue weighted by atomic mass is 10.1. The predicted molar refractivity (Wildman–Crippen MR) is 133 cm³/mol. The molecule has 0 bridgehead atoms. The van der Waals surface area contributed by atoms with Gasteiger partial charge in [-0.15, -0.1) is 24.0 Å². The highest BCUT2D eigenvalue weighted by Crippen LogP contribution is 2.29. The van der Waals surface area contributed by atoms with E-state index in [0.717, 1.165) is 50.8 Å². The highest BCUT2D eigenvalue weighted by atomic mass is 127. The van der Waals surface area contributed by atoms with Crippen molar-refractivity contribution in [1.29, 1.82) is 0 Å². The minimum absolute atomic E-state index is 0. The van der Waals surface area contributed by atoms with Crippen LogP contribution in [-0.4, -0.2) is 67.2 Å². The van der Waals surface area contributed by atoms with Gasteiger partial charge in [-0.2, -0.15) is 0 Å². The van der Waals surface area contributed by atoms with Gasteiger partial charge in [-0.25, -0.2) is 0 Å². The third-order valence-corrected chi connectivity index (χ3v) is 5.20. The van der Waals surface area contributed by atoms with Crippen LogP contribution in [0.25, 0.3) is 0 Å². The molecule has 6 nitrogen and oxygen atoms in total. The Morgan fingerprint density at radius 3 is 2.47 bits per heavy atom. The van der Waals surface area contributed by atoms with Gasteiger partial charge in [-0.05, 0) is 30.5 Å². The number of phenols is 1. The van der Waals surface area contributed by atoms with Crippen LogP contribution in [0, 0.1) is 0 Å². The predicted octanol–water partition coefficient (Wildman–Crippen LogP) is 3.34. The van der Waals surface area contributed by atoms with Gasteiger partial charge in [0.15, 0.2) is 17.5 Å². The summed E-state index contributed by atoms with van der Waals surface area (Å²) in [5.41, 5.74) is 2.22. The van der Waals surface area contributed by atoms with Crippen LogP contribution in [0.1, 0.15) is 18.1 Å². The molecule has 0 saturated carbocycles. The van der Waals surface area contributed by atoms with Gasteiger partial charge in [0.05, 0.1) is 7.11 Å². The molecule has 1 saturated heterocycles. The Morgan fingerprint density at radius 2 is 1.80 bits per heavy atom. The molecule has 0 amide bonds. The number of para-hydroxylation sites is 1. The minimum atomic E-state index is 0. The van der Waals surface area contributed by atoms with E-state index < -0.39 is 0 Å². The van der Waals surface area contributed by atoms with Gasteiger partial charge >= 0.3 is 0 Å². The van der Waals surface area contributed by atoms with Gasteiger partial charge in [0, 0.05) is 45.8 Å². The zero-order valence-electron chi connectivity index (χ0n) is 17.9. The van der Waals surface area contributed by atoms with Crippen LogP contribution in [0.15, 0.2) is 53.5 Å². The molecule has 2 aromatic carbocycles. The van der Waals surface area contributed by atoms with E-state index in [2.05, 4.69) is 52.4 Å². The van der Waals surface area contributed by atoms with Crippen molar-refractivity contribution in [1.82, 2.24) is 15.1 Å². The molecule has 0 aliphatic carbocycles. The fraction of sp³-hybridized carbons (Fsp3) is 0.435. The summed E-state index contributed by atoms with van der Waals surface area (Å²) in [5, 5.41) is 13.7. The van der Waals surface area contributed by atoms with Gasteiger partial charge in [-0.1, -0.05) is 42.5 Å². The number of aromatic hydroxyl groups is 1. The molecule has 164 valence electrons. The number of ether oxygens (including phenoxy) is 1. The van der Waals surface area contributed by atoms with Crippen LogP contribution in [0.2, 0.25) is 0 Å². The molecule has 0 spiro atoms. The van der Waals surface area contributed by atoms with E-state index in [4.69, 9.17) is 9.73 Å². The largest absolute Gasteiger partial charge is 0.504 e. The second-order valence-electron chi connectivity index (χ2n) is 7.20. The zero-order chi connectivity index (χ0) is 20.5. The van der Waals surface area contributed by atoms with Crippen LogP contribution in [0.3, 0.4) is 0 Å². The quantitative estimate of drug-likeness (QED) is 0.331. The standard InChI is InChI=1S/C23H32N4O2.HI/c1-3-24-23(25-13-12-20-10-7-11-21(29-2)22(20)28)27-16-14-26(15-17-27)18-19-8-5-4-6-9-19;/h4-11,28H,3,12-18H2,1-2H3,(H,24,25);1H. The number of phenolic OH excluding ortho intramolecular Hbond substituents is 1. The van der Waals surface area contributed by atoms with Gasteiger partial charge in [-0.3, -0.25) is 9.89 Å². The van der Waals surface area contributed by atoms with Gasteiger partial charge in [0.25, 0.3) is 0 Å². The van der Waals surface area contributed by atoms with Crippen LogP contribution in [-0.2, 0) is 13.0 Å². The Morgan fingerprint density at radius 1 is 1.07 bits per heavy atom. The molecule has 0 radical (unpaired) electrons. The van der Waals surface area contributed by atoms with Crippen LogP contribution in [0.4, 0.5) is 0 Å². The van der Waals surface area contributed by atoms with E-state index in [1.54, 1.807) is 13.2 Å². The van der Waals surface area contributed by atoms with Crippen molar-refractivity contribution >= 4 is 29.9 Å². The summed E-state index contributed by atoms with van der Waals surface area (Å²) < 4.78 is 5.19. The van der Waals surface area contributed by atoms with Crippen LogP contribution >= 0.6 is 24.0 Å². The molecular weight excluding hydrogens is 491 g/mol. The number of benzene rings is 2. The lowest BCUT2D eigenvalue weighted by molar-refractivity contribution is 0.172. The maximum atomic E-state index is 10.3. The van der Waals surface area contributed by atoms with Crippen molar-refractivity contribution < 1.29 is 9.84 Å². The molecule has 1 aliphatic rings. The number of hydrogen-bond acceptors (Lipinski definition) is 4. The number of aliphatic imine (C=N–C) groups is 1. The second-order valence-corrected chi connectivity index (χ2v) is 7.20. The molecule has 0 unspecified atom stereocenters. The Labute approximate surface area is 197 Å². The van der Waals surface area contributed by atoms with Crippen molar-refractivity contribution in [2.75, 3.05) is 46.4 Å². The fourth-order valence-corrected chi connectivity index (χ4v) is 3.60. The molecule has 1 heterocycles. The molecular formula is C23H33IN4O2. The summed E-state index contributed by atoms with van der Waals surface area (Å²) in [5.74, 6) is 1.67. The molecule has 2 N–H and O–H groups in total. The maximum Gasteiger partial charge on any atom is 0.194 e. The van der Waals surface area contributed by atoms with E-state index in [1.165, 1.54) is 5.56 Å². The number of hydrogen-bond donors (Lipinski definition) is 2. The molecule has 0 aromatic heterocycles. The van der Waals surface area contributed by atoms with E-state index in [0.29, 0.717) is 18.7 Å². The summed E-state index contributed by atoms with van der Waals surface area (Å²) in [4.78, 5) is 9.62. The lowest BCUT2D eigenvalue weighted by Gasteiger charge is -2.36. The van der Waals surface area contributed by atoms with Crippen molar-refractivity contribution in [3.63, 3.8) is 0 Å². The summed E-state index contributed by atoms with van der Waals surface area (Å²) in [7, 11) is 1.57. The van der Waals surface area contributed by atoms with Crippen molar-refractivity contribution in [2.24, 2.45) is 4.99 Å². The van der Waals surface area contributed by atoms with Crippen LogP contribution < -0.4 is 10.1 Å². The summed E-state index contributed by atoms with van der Waals surface area (Å²) >= 11 is 0. The maximum absolute atomic E-state index is 10.3. The number of methoxy groups -OCH3 is 1. The monoisotopic (exact) mass is 524 g/mol. The Hall–Kier alpha value is -2.00. The Balaban J connectivity index is 0.00000320. The summed E-state index contributed by atoms with van der Waals surface area (Å²) in [6.07, 6.45) is 0.673. The average Bonchev–Trinajstić information content (AvgIpc) is 2.76. The molecule has 1 fully saturated rings. The smallest absolute Gasteiger partial charge is 0.194 e. The summed E-state index contributed by atoms with van der Waals surface area (Å²) in [6.45, 7) is 8.52. The van der Waals surface area contributed by atoms with E-state index in [9.17, 15) is 5.11 Å². The van der Waals surface area contributed by atoms with E-state index >= 15 is 0 Å². The number of nitrogens with one attached hydrogen (secondary N) is 1. The summed E-state index contributed by atoms with van der Waals surface area (Å²) in [6, 6.07) is 16.2. The molecule has 1 aliphatic heterocycles. The fourth-order valence-electron chi connectivity index (χ4n) is 3.60. The number of rotatable bonds is 7. The second kappa shape index (κ2) is 12.6. The topological polar surface area (TPSA) is 60.3 Å². The van der Waals surface area contributed by atoms with Gasteiger partial charge in [0.1, 0.15) is 0 Å². The average molecular weight is 524 g/mol. The van der Waals surface area contributed by atoms with Crippen molar-refractivity contribution in [3.8, 4) is 11.5 Å². The van der Waals surface area contributed by atoms with Crippen LogP contribution in [0.5, 0.6) is 11.5 Å². The molecule has 0 atom stereocenters. The molecule has 3 rings (SSSR count). The normalized spacial score (nSPS) is 14.9. The molecule has 2 aromatic rings. The first-order valence-corrected chi connectivity index (χ1v) is 10.4. The third kappa shape index (κ3) is 6.77. The van der Waals surface area contributed by atoms with Crippen molar-refractivity contribution in [3.05, 3.63) is 59.7 Å².